The molecule has 2 rings (SSSR count). The van der Waals surface area contributed by atoms with Crippen LogP contribution in [0.15, 0.2) is 42.5 Å². The van der Waals surface area contributed by atoms with Crippen LogP contribution in [0.5, 0.6) is 11.5 Å². The number of rotatable bonds is 2. The predicted octanol–water partition coefficient (Wildman–Crippen LogP) is 3.97. The van der Waals surface area contributed by atoms with E-state index in [1.54, 1.807) is 6.07 Å². The molecule has 0 N–H and O–H groups in total. The molecule has 0 amide bonds. The monoisotopic (exact) mass is 223 g/mol. The third-order valence-electron chi connectivity index (χ3n) is 2.63. The Kier molecular flexibility index (Phi) is 3.11. The van der Waals surface area contributed by atoms with Gasteiger partial charge in [0.15, 0.2) is 0 Å². The first-order valence-electron chi connectivity index (χ1n) is 5.45. The summed E-state index contributed by atoms with van der Waals surface area (Å²) in [7, 11) is 0. The van der Waals surface area contributed by atoms with Crippen LogP contribution in [0.25, 0.3) is 0 Å². The third-order valence-corrected chi connectivity index (χ3v) is 2.63. The highest BCUT2D eigenvalue weighted by Crippen LogP contribution is 2.30. The van der Waals surface area contributed by atoms with Crippen LogP contribution >= 0.6 is 0 Å². The fourth-order valence-electron chi connectivity index (χ4n) is 1.72. The molecule has 84 valence electrons. The van der Waals surface area contributed by atoms with Gasteiger partial charge in [0.1, 0.15) is 17.6 Å². The second kappa shape index (κ2) is 4.71. The summed E-state index contributed by atoms with van der Waals surface area (Å²) in [6.45, 7) is 3.99. The van der Waals surface area contributed by atoms with E-state index in [1.165, 1.54) is 0 Å². The van der Waals surface area contributed by atoms with Gasteiger partial charge in [-0.25, -0.2) is 0 Å². The topological polar surface area (TPSA) is 33.0 Å². The molecule has 2 nitrogen and oxygen atoms in total. The smallest absolute Gasteiger partial charge is 0.145 e. The maximum absolute atomic E-state index is 9.01. The van der Waals surface area contributed by atoms with Crippen LogP contribution in [0.4, 0.5) is 0 Å². The maximum Gasteiger partial charge on any atom is 0.145 e. The lowest BCUT2D eigenvalue weighted by Gasteiger charge is -2.12. The lowest BCUT2D eigenvalue weighted by Crippen LogP contribution is -1.92. The molecular weight excluding hydrogens is 210 g/mol. The van der Waals surface area contributed by atoms with Gasteiger partial charge in [0.25, 0.3) is 0 Å². The maximum atomic E-state index is 9.01. The first-order chi connectivity index (χ1) is 8.22. The van der Waals surface area contributed by atoms with Gasteiger partial charge in [0.2, 0.25) is 0 Å². The molecule has 0 saturated carbocycles. The van der Waals surface area contributed by atoms with E-state index in [0.29, 0.717) is 11.3 Å². The van der Waals surface area contributed by atoms with Crippen molar-refractivity contribution < 1.29 is 4.74 Å². The number of nitrogens with zero attached hydrogens (tertiary/aromatic N) is 1. The molecule has 0 aliphatic carbocycles. The average Bonchev–Trinajstić information content (AvgIpc) is 2.34. The van der Waals surface area contributed by atoms with Gasteiger partial charge in [-0.1, -0.05) is 30.3 Å². The summed E-state index contributed by atoms with van der Waals surface area (Å²) in [5, 5.41) is 9.01. The number of nitriles is 1. The molecule has 2 aromatic carbocycles. The molecule has 0 radical (unpaired) electrons. The van der Waals surface area contributed by atoms with Crippen LogP contribution in [0.2, 0.25) is 0 Å². The minimum atomic E-state index is 0.551. The quantitative estimate of drug-likeness (QED) is 0.771. The number of hydrogen-bond acceptors (Lipinski definition) is 2. The third kappa shape index (κ3) is 2.29. The Hall–Kier alpha value is -2.27. The summed E-state index contributed by atoms with van der Waals surface area (Å²) >= 11 is 0. The molecule has 0 heterocycles. The van der Waals surface area contributed by atoms with Crippen LogP contribution in [-0.4, -0.2) is 0 Å². The first kappa shape index (κ1) is 11.2. The molecule has 0 aliphatic heterocycles. The van der Waals surface area contributed by atoms with Crippen molar-refractivity contribution in [2.45, 2.75) is 13.8 Å². The van der Waals surface area contributed by atoms with Crippen LogP contribution < -0.4 is 4.74 Å². The van der Waals surface area contributed by atoms with Crippen molar-refractivity contribution >= 4 is 0 Å². The second-order valence-corrected chi connectivity index (χ2v) is 3.93. The summed E-state index contributed by atoms with van der Waals surface area (Å²) in [6.07, 6.45) is 0. The summed E-state index contributed by atoms with van der Waals surface area (Å²) in [4.78, 5) is 0. The Labute approximate surface area is 101 Å². The summed E-state index contributed by atoms with van der Waals surface area (Å²) in [6, 6.07) is 15.4. The van der Waals surface area contributed by atoms with Crippen LogP contribution in [0.1, 0.15) is 16.7 Å². The van der Waals surface area contributed by atoms with Crippen molar-refractivity contribution in [3.63, 3.8) is 0 Å². The van der Waals surface area contributed by atoms with Crippen LogP contribution in [0.3, 0.4) is 0 Å². The zero-order chi connectivity index (χ0) is 12.3. The predicted molar refractivity (Wildman–Crippen MR) is 67.1 cm³/mol. The standard InChI is InChI=1S/C15H13NO/c1-11-6-5-7-12(2)15(11)17-14-9-4-3-8-13(14)10-16/h3-9H,1-2H3. The molecule has 0 fully saturated rings. The summed E-state index contributed by atoms with van der Waals surface area (Å²) in [5.41, 5.74) is 2.69. The van der Waals surface area contributed by atoms with E-state index in [2.05, 4.69) is 6.07 Å². The fourth-order valence-corrected chi connectivity index (χ4v) is 1.72. The second-order valence-electron chi connectivity index (χ2n) is 3.93. The Morgan fingerprint density at radius 1 is 0.941 bits per heavy atom. The zero-order valence-corrected chi connectivity index (χ0v) is 9.90. The minimum Gasteiger partial charge on any atom is -0.455 e. The normalized spacial score (nSPS) is 9.71. The van der Waals surface area contributed by atoms with Crippen molar-refractivity contribution in [1.82, 2.24) is 0 Å². The highest BCUT2D eigenvalue weighted by molar-refractivity contribution is 5.48. The first-order valence-corrected chi connectivity index (χ1v) is 5.45. The lowest BCUT2D eigenvalue weighted by molar-refractivity contribution is 0.473. The molecule has 17 heavy (non-hydrogen) atoms. The van der Waals surface area contributed by atoms with Gasteiger partial charge in [0.05, 0.1) is 5.56 Å². The number of benzene rings is 2. The number of para-hydroxylation sites is 2. The molecule has 0 spiro atoms. The Morgan fingerprint density at radius 3 is 2.24 bits per heavy atom. The lowest BCUT2D eigenvalue weighted by atomic mass is 10.1. The number of ether oxygens (including phenoxy) is 1. The molecule has 2 heteroatoms. The SMILES string of the molecule is Cc1cccc(C)c1Oc1ccccc1C#N. The summed E-state index contributed by atoms with van der Waals surface area (Å²) in [5.74, 6) is 1.43. The van der Waals surface area contributed by atoms with Gasteiger partial charge in [-0.2, -0.15) is 5.26 Å². The molecule has 0 aliphatic rings. The molecule has 0 atom stereocenters. The Balaban J connectivity index is 2.42. The van der Waals surface area contributed by atoms with E-state index < -0.39 is 0 Å². The van der Waals surface area contributed by atoms with E-state index in [4.69, 9.17) is 10.00 Å². The van der Waals surface area contributed by atoms with Gasteiger partial charge >= 0.3 is 0 Å². The molecular formula is C15H13NO. The number of aryl methyl sites for hydroxylation is 2. The molecule has 0 unspecified atom stereocenters. The summed E-state index contributed by atoms with van der Waals surface area (Å²) < 4.78 is 5.84. The molecule has 0 aromatic heterocycles. The van der Waals surface area contributed by atoms with E-state index in [1.807, 2.05) is 50.2 Å². The van der Waals surface area contributed by atoms with Crippen molar-refractivity contribution in [2.24, 2.45) is 0 Å². The minimum absolute atomic E-state index is 0.551. The largest absolute Gasteiger partial charge is 0.455 e. The van der Waals surface area contributed by atoms with Crippen molar-refractivity contribution in [3.8, 4) is 17.6 Å². The van der Waals surface area contributed by atoms with E-state index in [9.17, 15) is 0 Å². The zero-order valence-electron chi connectivity index (χ0n) is 9.90. The van der Waals surface area contributed by atoms with Gasteiger partial charge in [-0.15, -0.1) is 0 Å². The van der Waals surface area contributed by atoms with Gasteiger partial charge in [-0.05, 0) is 37.1 Å². The van der Waals surface area contributed by atoms with Crippen molar-refractivity contribution in [3.05, 3.63) is 59.2 Å². The number of hydrogen-bond donors (Lipinski definition) is 0. The van der Waals surface area contributed by atoms with Crippen LogP contribution in [0, 0.1) is 25.2 Å². The van der Waals surface area contributed by atoms with E-state index >= 15 is 0 Å². The fraction of sp³-hybridized carbons (Fsp3) is 0.133. The van der Waals surface area contributed by atoms with Crippen molar-refractivity contribution in [1.29, 1.82) is 5.26 Å². The molecule has 0 bridgehead atoms. The Bertz CT molecular complexity index is 561. The van der Waals surface area contributed by atoms with Crippen molar-refractivity contribution in [2.75, 3.05) is 0 Å². The van der Waals surface area contributed by atoms with E-state index in [0.717, 1.165) is 16.9 Å². The Morgan fingerprint density at radius 2 is 1.59 bits per heavy atom. The van der Waals surface area contributed by atoms with Crippen LogP contribution in [-0.2, 0) is 0 Å². The highest BCUT2D eigenvalue weighted by Gasteiger charge is 2.07. The van der Waals surface area contributed by atoms with Gasteiger partial charge < -0.3 is 4.74 Å². The van der Waals surface area contributed by atoms with Gasteiger partial charge in [-0.3, -0.25) is 0 Å². The molecule has 2 aromatic rings. The molecule has 0 saturated heterocycles. The van der Waals surface area contributed by atoms with E-state index in [-0.39, 0.29) is 0 Å². The average molecular weight is 223 g/mol. The van der Waals surface area contributed by atoms with Gasteiger partial charge in [0, 0.05) is 0 Å². The highest BCUT2D eigenvalue weighted by atomic mass is 16.5.